The van der Waals surface area contributed by atoms with Gasteiger partial charge in [0.25, 0.3) is 0 Å². The van der Waals surface area contributed by atoms with Crippen molar-refractivity contribution in [2.45, 2.75) is 12.2 Å². The van der Waals surface area contributed by atoms with Crippen molar-refractivity contribution in [3.63, 3.8) is 0 Å². The van der Waals surface area contributed by atoms with Crippen LogP contribution in [0.1, 0.15) is 28.9 Å². The first-order valence-electron chi connectivity index (χ1n) is 9.06. The Labute approximate surface area is 173 Å². The zero-order valence-electron chi connectivity index (χ0n) is 15.4. The molecule has 5 heteroatoms. The standard InChI is InChI=1S/C23H21BrN2O2/c1-28-18-11-9-15(10-12-18)23-25-20(16-5-4-6-17(24)13-16)14-21(26-23)19-7-2-3-8-22(19)27/h2-14,21,23,25-27H,1H3. The fourth-order valence-electron chi connectivity index (χ4n) is 3.38. The van der Waals surface area contributed by atoms with Crippen molar-refractivity contribution in [3.8, 4) is 11.5 Å². The fraction of sp³-hybridized carbons (Fsp3) is 0.130. The third-order valence-corrected chi connectivity index (χ3v) is 5.33. The summed E-state index contributed by atoms with van der Waals surface area (Å²) in [6, 6.07) is 23.4. The third-order valence-electron chi connectivity index (χ3n) is 4.84. The van der Waals surface area contributed by atoms with Crippen LogP contribution in [0.3, 0.4) is 0 Å². The Balaban J connectivity index is 1.74. The Morgan fingerprint density at radius 2 is 1.75 bits per heavy atom. The first-order chi connectivity index (χ1) is 13.6. The molecule has 0 saturated heterocycles. The summed E-state index contributed by atoms with van der Waals surface area (Å²) in [5, 5.41) is 17.5. The molecule has 0 radical (unpaired) electrons. The van der Waals surface area contributed by atoms with Gasteiger partial charge < -0.3 is 15.2 Å². The fourth-order valence-corrected chi connectivity index (χ4v) is 3.78. The summed E-state index contributed by atoms with van der Waals surface area (Å²) < 4.78 is 6.30. The molecule has 0 spiro atoms. The number of hydrogen-bond donors (Lipinski definition) is 3. The van der Waals surface area contributed by atoms with Gasteiger partial charge in [-0.2, -0.15) is 0 Å². The molecule has 0 saturated carbocycles. The van der Waals surface area contributed by atoms with E-state index in [0.717, 1.165) is 32.6 Å². The van der Waals surface area contributed by atoms with Crippen LogP contribution in [0.15, 0.2) is 83.3 Å². The molecule has 1 aliphatic heterocycles. The van der Waals surface area contributed by atoms with Gasteiger partial charge in [-0.3, -0.25) is 5.32 Å². The van der Waals surface area contributed by atoms with E-state index in [1.807, 2.05) is 54.6 Å². The van der Waals surface area contributed by atoms with E-state index < -0.39 is 0 Å². The topological polar surface area (TPSA) is 53.5 Å². The lowest BCUT2D eigenvalue weighted by molar-refractivity contribution is 0.410. The molecule has 0 aliphatic carbocycles. The summed E-state index contributed by atoms with van der Waals surface area (Å²) in [7, 11) is 1.66. The molecule has 3 aromatic rings. The van der Waals surface area contributed by atoms with Crippen molar-refractivity contribution < 1.29 is 9.84 Å². The Bertz CT molecular complexity index is 1000. The number of benzene rings is 3. The van der Waals surface area contributed by atoms with E-state index in [1.165, 1.54) is 0 Å². The minimum atomic E-state index is -0.136. The maximum Gasteiger partial charge on any atom is 0.120 e. The molecular formula is C23H21BrN2O2. The normalized spacial score (nSPS) is 18.9. The molecule has 0 amide bonds. The molecule has 3 N–H and O–H groups in total. The van der Waals surface area contributed by atoms with Crippen LogP contribution in [0.4, 0.5) is 0 Å². The second-order valence-electron chi connectivity index (χ2n) is 6.64. The minimum Gasteiger partial charge on any atom is -0.508 e. The monoisotopic (exact) mass is 436 g/mol. The Kier molecular flexibility index (Phi) is 5.37. The minimum absolute atomic E-state index is 0.116. The highest BCUT2D eigenvalue weighted by atomic mass is 79.9. The molecule has 142 valence electrons. The number of nitrogens with one attached hydrogen (secondary N) is 2. The van der Waals surface area contributed by atoms with Crippen LogP contribution in [0, 0.1) is 0 Å². The van der Waals surface area contributed by atoms with Crippen molar-refractivity contribution in [3.05, 3.63) is 100 Å². The molecule has 3 aromatic carbocycles. The molecule has 4 nitrogen and oxygen atoms in total. The predicted molar refractivity (Wildman–Crippen MR) is 115 cm³/mol. The van der Waals surface area contributed by atoms with Crippen LogP contribution in [0.25, 0.3) is 5.70 Å². The Morgan fingerprint density at radius 3 is 2.46 bits per heavy atom. The largest absolute Gasteiger partial charge is 0.508 e. The van der Waals surface area contributed by atoms with Crippen molar-refractivity contribution in [1.82, 2.24) is 10.6 Å². The average Bonchev–Trinajstić information content (AvgIpc) is 2.74. The summed E-state index contributed by atoms with van der Waals surface area (Å²) >= 11 is 3.55. The SMILES string of the molecule is COc1ccc(C2NC(c3cccc(Br)c3)=CC(c3ccccc3O)N2)cc1. The first-order valence-corrected chi connectivity index (χ1v) is 9.85. The van der Waals surface area contributed by atoms with E-state index in [0.29, 0.717) is 0 Å². The molecule has 0 fully saturated rings. The average molecular weight is 437 g/mol. The highest BCUT2D eigenvalue weighted by molar-refractivity contribution is 9.10. The third kappa shape index (κ3) is 3.91. The molecule has 0 aromatic heterocycles. The van der Waals surface area contributed by atoms with Crippen LogP contribution in [-0.4, -0.2) is 12.2 Å². The van der Waals surface area contributed by atoms with Crippen molar-refractivity contribution in [1.29, 1.82) is 0 Å². The second-order valence-corrected chi connectivity index (χ2v) is 7.56. The molecule has 1 aliphatic rings. The molecular weight excluding hydrogens is 416 g/mol. The van der Waals surface area contributed by atoms with Gasteiger partial charge in [-0.1, -0.05) is 58.4 Å². The lowest BCUT2D eigenvalue weighted by Crippen LogP contribution is -2.39. The number of para-hydroxylation sites is 1. The lowest BCUT2D eigenvalue weighted by Gasteiger charge is -2.33. The van der Waals surface area contributed by atoms with Crippen LogP contribution in [0.2, 0.25) is 0 Å². The molecule has 4 rings (SSSR count). The molecule has 2 unspecified atom stereocenters. The van der Waals surface area contributed by atoms with Gasteiger partial charge in [-0.15, -0.1) is 0 Å². The quantitative estimate of drug-likeness (QED) is 0.529. The molecule has 0 bridgehead atoms. The Morgan fingerprint density at radius 1 is 0.964 bits per heavy atom. The molecule has 28 heavy (non-hydrogen) atoms. The lowest BCUT2D eigenvalue weighted by atomic mass is 9.98. The van der Waals surface area contributed by atoms with E-state index in [1.54, 1.807) is 13.2 Å². The van der Waals surface area contributed by atoms with E-state index in [2.05, 4.69) is 44.8 Å². The van der Waals surface area contributed by atoms with Crippen LogP contribution < -0.4 is 15.4 Å². The number of ether oxygens (including phenoxy) is 1. The number of phenolic OH excluding ortho intramolecular Hbond substituents is 1. The highest BCUT2D eigenvalue weighted by Gasteiger charge is 2.25. The number of halogens is 1. The van der Waals surface area contributed by atoms with E-state index in [4.69, 9.17) is 4.74 Å². The molecule has 1 heterocycles. The van der Waals surface area contributed by atoms with Gasteiger partial charge in [0.1, 0.15) is 17.7 Å². The van der Waals surface area contributed by atoms with E-state index >= 15 is 0 Å². The van der Waals surface area contributed by atoms with Crippen LogP contribution in [-0.2, 0) is 0 Å². The number of aromatic hydroxyl groups is 1. The number of hydrogen-bond acceptors (Lipinski definition) is 4. The van der Waals surface area contributed by atoms with Gasteiger partial charge in [0.2, 0.25) is 0 Å². The Hall–Kier alpha value is -2.76. The maximum atomic E-state index is 10.4. The zero-order chi connectivity index (χ0) is 19.5. The predicted octanol–water partition coefficient (Wildman–Crippen LogP) is 5.14. The van der Waals surface area contributed by atoms with Crippen molar-refractivity contribution >= 4 is 21.6 Å². The summed E-state index contributed by atoms with van der Waals surface area (Å²) in [5.74, 6) is 1.10. The van der Waals surface area contributed by atoms with Gasteiger partial charge in [0.15, 0.2) is 0 Å². The number of rotatable bonds is 4. The van der Waals surface area contributed by atoms with Crippen LogP contribution in [0.5, 0.6) is 11.5 Å². The second kappa shape index (κ2) is 8.09. The van der Waals surface area contributed by atoms with Crippen molar-refractivity contribution in [2.24, 2.45) is 0 Å². The maximum absolute atomic E-state index is 10.4. The summed E-state index contributed by atoms with van der Waals surface area (Å²) in [6.45, 7) is 0. The zero-order valence-corrected chi connectivity index (χ0v) is 17.0. The summed E-state index contributed by atoms with van der Waals surface area (Å²) in [4.78, 5) is 0. The van der Waals surface area contributed by atoms with Gasteiger partial charge >= 0.3 is 0 Å². The van der Waals surface area contributed by atoms with Crippen LogP contribution >= 0.6 is 15.9 Å². The van der Waals surface area contributed by atoms with Gasteiger partial charge in [-0.25, -0.2) is 0 Å². The summed E-state index contributed by atoms with van der Waals surface area (Å²) in [6.07, 6.45) is 1.99. The molecule has 2 atom stereocenters. The summed E-state index contributed by atoms with van der Waals surface area (Å²) in [5.41, 5.74) is 4.01. The number of methoxy groups -OCH3 is 1. The smallest absolute Gasteiger partial charge is 0.120 e. The van der Waals surface area contributed by atoms with E-state index in [-0.39, 0.29) is 18.0 Å². The first kappa shape index (κ1) is 18.6. The van der Waals surface area contributed by atoms with E-state index in [9.17, 15) is 5.11 Å². The van der Waals surface area contributed by atoms with Gasteiger partial charge in [-0.05, 0) is 47.5 Å². The highest BCUT2D eigenvalue weighted by Crippen LogP contribution is 2.33. The van der Waals surface area contributed by atoms with Crippen molar-refractivity contribution in [2.75, 3.05) is 7.11 Å². The van der Waals surface area contributed by atoms with Gasteiger partial charge in [0, 0.05) is 15.7 Å². The number of phenols is 1. The van der Waals surface area contributed by atoms with Gasteiger partial charge in [0.05, 0.1) is 13.2 Å².